The molecule has 0 aromatic carbocycles. The molecular formula is C19H21N7O2. The molecule has 0 saturated carbocycles. The third kappa shape index (κ3) is 3.84. The van der Waals surface area contributed by atoms with Crippen molar-refractivity contribution in [2.24, 2.45) is 0 Å². The average molecular weight is 379 g/mol. The molecule has 0 unspecified atom stereocenters. The van der Waals surface area contributed by atoms with E-state index in [2.05, 4.69) is 36.5 Å². The summed E-state index contributed by atoms with van der Waals surface area (Å²) in [5.41, 5.74) is 3.50. The molecular weight excluding hydrogens is 358 g/mol. The van der Waals surface area contributed by atoms with Crippen LogP contribution in [0.15, 0.2) is 41.3 Å². The van der Waals surface area contributed by atoms with Gasteiger partial charge >= 0.3 is 0 Å². The zero-order valence-electron chi connectivity index (χ0n) is 15.8. The standard InChI is InChI=1S/C19H21N7O2/c1-13-3-6-21-16(9-13)26-11-15(10-22-26)14-4-7-25(8-5-14)12-17-23-18(24-28-17)19(27)20-2/h3-4,6,9-11H,5,7-8,12H2,1-2H3,(H,20,27). The molecule has 0 radical (unpaired) electrons. The van der Waals surface area contributed by atoms with Crippen molar-refractivity contribution in [2.45, 2.75) is 19.9 Å². The van der Waals surface area contributed by atoms with Crippen LogP contribution in [-0.4, -0.2) is 55.8 Å². The number of carbonyl (C=O) groups is 1. The minimum atomic E-state index is -0.351. The lowest BCUT2D eigenvalue weighted by Gasteiger charge is -2.24. The number of aryl methyl sites for hydroxylation is 1. The van der Waals surface area contributed by atoms with Gasteiger partial charge in [-0.25, -0.2) is 9.67 Å². The fraction of sp³-hybridized carbons (Fsp3) is 0.316. The van der Waals surface area contributed by atoms with Gasteiger partial charge in [0.1, 0.15) is 0 Å². The van der Waals surface area contributed by atoms with Crippen molar-refractivity contribution in [1.82, 2.24) is 35.1 Å². The van der Waals surface area contributed by atoms with Gasteiger partial charge in [0.2, 0.25) is 5.89 Å². The molecule has 28 heavy (non-hydrogen) atoms. The van der Waals surface area contributed by atoms with Crippen LogP contribution in [0.4, 0.5) is 0 Å². The third-order valence-corrected chi connectivity index (χ3v) is 4.64. The number of rotatable bonds is 5. The maximum atomic E-state index is 11.5. The van der Waals surface area contributed by atoms with E-state index in [-0.39, 0.29) is 11.7 Å². The van der Waals surface area contributed by atoms with Crippen LogP contribution in [0.25, 0.3) is 11.4 Å². The van der Waals surface area contributed by atoms with Gasteiger partial charge in [-0.2, -0.15) is 10.1 Å². The molecule has 0 aliphatic carbocycles. The Hall–Kier alpha value is -3.33. The van der Waals surface area contributed by atoms with Gasteiger partial charge in [-0.15, -0.1) is 0 Å². The average Bonchev–Trinajstić information content (AvgIpc) is 3.38. The highest BCUT2D eigenvalue weighted by atomic mass is 16.5. The molecule has 0 bridgehead atoms. The molecule has 4 heterocycles. The first-order valence-electron chi connectivity index (χ1n) is 9.06. The third-order valence-electron chi connectivity index (χ3n) is 4.64. The summed E-state index contributed by atoms with van der Waals surface area (Å²) >= 11 is 0. The maximum Gasteiger partial charge on any atom is 0.292 e. The summed E-state index contributed by atoms with van der Waals surface area (Å²) in [7, 11) is 1.53. The lowest BCUT2D eigenvalue weighted by Crippen LogP contribution is -2.28. The smallest absolute Gasteiger partial charge is 0.292 e. The van der Waals surface area contributed by atoms with Crippen molar-refractivity contribution < 1.29 is 9.32 Å². The molecule has 9 heteroatoms. The van der Waals surface area contributed by atoms with E-state index in [0.717, 1.165) is 36.5 Å². The van der Waals surface area contributed by atoms with Crippen LogP contribution in [0.5, 0.6) is 0 Å². The fourth-order valence-corrected chi connectivity index (χ4v) is 3.09. The van der Waals surface area contributed by atoms with Gasteiger partial charge in [-0.05, 0) is 36.6 Å². The molecule has 0 atom stereocenters. The summed E-state index contributed by atoms with van der Waals surface area (Å²) in [6, 6.07) is 3.97. The Morgan fingerprint density at radius 2 is 2.29 bits per heavy atom. The zero-order valence-corrected chi connectivity index (χ0v) is 15.8. The fourth-order valence-electron chi connectivity index (χ4n) is 3.09. The summed E-state index contributed by atoms with van der Waals surface area (Å²) in [5.74, 6) is 0.959. The Labute approximate surface area is 162 Å². The molecule has 1 N–H and O–H groups in total. The SMILES string of the molecule is CNC(=O)c1noc(CN2CC=C(c3cnn(-c4cc(C)ccn4)c3)CC2)n1. The van der Waals surface area contributed by atoms with E-state index in [0.29, 0.717) is 12.4 Å². The first-order chi connectivity index (χ1) is 13.6. The second kappa shape index (κ2) is 7.73. The number of hydrogen-bond acceptors (Lipinski definition) is 7. The van der Waals surface area contributed by atoms with Crippen molar-refractivity contribution in [3.05, 3.63) is 59.6 Å². The largest absolute Gasteiger partial charge is 0.352 e. The van der Waals surface area contributed by atoms with Gasteiger partial charge in [0.05, 0.1) is 12.7 Å². The Kier molecular flexibility index (Phi) is 4.98. The van der Waals surface area contributed by atoms with Gasteiger partial charge in [-0.3, -0.25) is 9.69 Å². The predicted molar refractivity (Wildman–Crippen MR) is 102 cm³/mol. The lowest BCUT2D eigenvalue weighted by molar-refractivity contribution is 0.0950. The van der Waals surface area contributed by atoms with E-state index < -0.39 is 0 Å². The molecule has 0 saturated heterocycles. The second-order valence-electron chi connectivity index (χ2n) is 6.67. The quantitative estimate of drug-likeness (QED) is 0.718. The number of hydrogen-bond donors (Lipinski definition) is 1. The molecule has 0 spiro atoms. The Bertz CT molecular complexity index is 1020. The molecule has 1 amide bonds. The minimum Gasteiger partial charge on any atom is -0.352 e. The first-order valence-corrected chi connectivity index (χ1v) is 9.06. The van der Waals surface area contributed by atoms with E-state index in [1.54, 1.807) is 10.9 Å². The molecule has 144 valence electrons. The number of carbonyl (C=O) groups excluding carboxylic acids is 1. The van der Waals surface area contributed by atoms with Gasteiger partial charge in [-0.1, -0.05) is 11.2 Å². The Morgan fingerprint density at radius 3 is 3.04 bits per heavy atom. The monoisotopic (exact) mass is 379 g/mol. The highest BCUT2D eigenvalue weighted by Gasteiger charge is 2.19. The Morgan fingerprint density at radius 1 is 1.39 bits per heavy atom. The molecule has 1 aliphatic heterocycles. The first kappa shape index (κ1) is 18.1. The molecule has 0 fully saturated rings. The highest BCUT2D eigenvalue weighted by molar-refractivity contribution is 5.89. The van der Waals surface area contributed by atoms with Crippen LogP contribution in [0.2, 0.25) is 0 Å². The lowest BCUT2D eigenvalue weighted by atomic mass is 10.0. The maximum absolute atomic E-state index is 11.5. The summed E-state index contributed by atoms with van der Waals surface area (Å²) in [5, 5.41) is 10.6. The van der Waals surface area contributed by atoms with Crippen molar-refractivity contribution >= 4 is 11.5 Å². The van der Waals surface area contributed by atoms with Gasteiger partial charge in [0, 0.05) is 38.1 Å². The number of pyridine rings is 1. The number of amides is 1. The topological polar surface area (TPSA) is 102 Å². The highest BCUT2D eigenvalue weighted by Crippen LogP contribution is 2.23. The van der Waals surface area contributed by atoms with E-state index >= 15 is 0 Å². The number of aromatic nitrogens is 5. The summed E-state index contributed by atoms with van der Waals surface area (Å²) < 4.78 is 6.96. The zero-order chi connectivity index (χ0) is 19.5. The Balaban J connectivity index is 1.40. The van der Waals surface area contributed by atoms with Crippen LogP contribution in [0.1, 0.15) is 34.1 Å². The van der Waals surface area contributed by atoms with E-state index in [1.165, 1.54) is 12.6 Å². The number of nitrogens with zero attached hydrogens (tertiary/aromatic N) is 6. The predicted octanol–water partition coefficient (Wildman–Crippen LogP) is 1.61. The van der Waals surface area contributed by atoms with Crippen LogP contribution in [-0.2, 0) is 6.54 Å². The van der Waals surface area contributed by atoms with Crippen LogP contribution in [0.3, 0.4) is 0 Å². The van der Waals surface area contributed by atoms with Gasteiger partial charge in [0.25, 0.3) is 11.7 Å². The van der Waals surface area contributed by atoms with E-state index in [9.17, 15) is 4.79 Å². The minimum absolute atomic E-state index is 0.0583. The van der Waals surface area contributed by atoms with Gasteiger partial charge in [0.15, 0.2) is 5.82 Å². The van der Waals surface area contributed by atoms with Crippen molar-refractivity contribution in [1.29, 1.82) is 0 Å². The molecule has 3 aromatic heterocycles. The van der Waals surface area contributed by atoms with Crippen LogP contribution in [0, 0.1) is 6.92 Å². The van der Waals surface area contributed by atoms with Crippen LogP contribution >= 0.6 is 0 Å². The second-order valence-corrected chi connectivity index (χ2v) is 6.67. The van der Waals surface area contributed by atoms with E-state index in [4.69, 9.17) is 4.52 Å². The molecule has 1 aliphatic rings. The molecule has 3 aromatic rings. The summed E-state index contributed by atoms with van der Waals surface area (Å²) in [6.45, 7) is 4.17. The number of nitrogens with one attached hydrogen (secondary N) is 1. The van der Waals surface area contributed by atoms with Gasteiger partial charge < -0.3 is 9.84 Å². The molecule has 9 nitrogen and oxygen atoms in total. The van der Waals surface area contributed by atoms with Crippen LogP contribution < -0.4 is 5.32 Å². The molecule has 4 rings (SSSR count). The summed E-state index contributed by atoms with van der Waals surface area (Å²) in [6.07, 6.45) is 8.75. The van der Waals surface area contributed by atoms with Crippen molar-refractivity contribution in [3.8, 4) is 5.82 Å². The van der Waals surface area contributed by atoms with Crippen molar-refractivity contribution in [3.63, 3.8) is 0 Å². The summed E-state index contributed by atoms with van der Waals surface area (Å²) in [4.78, 5) is 22.2. The van der Waals surface area contributed by atoms with Crippen molar-refractivity contribution in [2.75, 3.05) is 20.1 Å². The normalized spacial score (nSPS) is 14.7. The van der Waals surface area contributed by atoms with E-state index in [1.807, 2.05) is 31.5 Å².